The molecule has 2 aromatic rings. The fourth-order valence-electron chi connectivity index (χ4n) is 2.12. The molecule has 1 heterocycles. The van der Waals surface area contributed by atoms with Crippen LogP contribution in [0.1, 0.15) is 30.6 Å². The molecule has 0 spiro atoms. The summed E-state index contributed by atoms with van der Waals surface area (Å²) in [4.78, 5) is 4.33. The van der Waals surface area contributed by atoms with E-state index in [1.807, 2.05) is 6.07 Å². The summed E-state index contributed by atoms with van der Waals surface area (Å²) in [6, 6.07) is 8.63. The molecule has 0 aliphatic heterocycles. The van der Waals surface area contributed by atoms with Crippen LogP contribution >= 0.6 is 23.2 Å². The summed E-state index contributed by atoms with van der Waals surface area (Å²) in [5, 5.41) is 4.11. The molecule has 1 atom stereocenters. The Morgan fingerprint density at radius 2 is 2.05 bits per heavy atom. The van der Waals surface area contributed by atoms with Crippen molar-refractivity contribution in [2.75, 3.05) is 6.54 Å². The molecule has 1 unspecified atom stereocenters. The lowest BCUT2D eigenvalue weighted by molar-refractivity contribution is 0.503. The van der Waals surface area contributed by atoms with E-state index in [4.69, 9.17) is 23.2 Å². The van der Waals surface area contributed by atoms with E-state index in [1.165, 1.54) is 0 Å². The Labute approximate surface area is 134 Å². The van der Waals surface area contributed by atoms with Crippen LogP contribution in [0.2, 0.25) is 10.0 Å². The zero-order chi connectivity index (χ0) is 15.2. The van der Waals surface area contributed by atoms with Gasteiger partial charge < -0.3 is 5.32 Å². The van der Waals surface area contributed by atoms with Gasteiger partial charge in [-0.05, 0) is 43.1 Å². The third-order valence-corrected chi connectivity index (χ3v) is 3.72. The average Bonchev–Trinajstić information content (AvgIpc) is 2.49. The second kappa shape index (κ2) is 7.74. The Bertz CT molecular complexity index is 587. The highest BCUT2D eigenvalue weighted by Crippen LogP contribution is 2.23. The van der Waals surface area contributed by atoms with Gasteiger partial charge >= 0.3 is 0 Å². The summed E-state index contributed by atoms with van der Waals surface area (Å²) < 4.78 is 14.1. The number of hydrogen-bond acceptors (Lipinski definition) is 2. The van der Waals surface area contributed by atoms with Gasteiger partial charge in [-0.25, -0.2) is 4.39 Å². The first kappa shape index (κ1) is 16.2. The molecule has 0 saturated heterocycles. The van der Waals surface area contributed by atoms with Gasteiger partial charge in [-0.2, -0.15) is 0 Å². The first-order chi connectivity index (χ1) is 10.1. The Kier molecular flexibility index (Phi) is 5.97. The van der Waals surface area contributed by atoms with E-state index in [1.54, 1.807) is 30.5 Å². The second-order valence-corrected chi connectivity index (χ2v) is 5.67. The normalized spacial score (nSPS) is 12.4. The number of rotatable bonds is 6. The van der Waals surface area contributed by atoms with E-state index < -0.39 is 0 Å². The van der Waals surface area contributed by atoms with Gasteiger partial charge in [0.25, 0.3) is 0 Å². The van der Waals surface area contributed by atoms with Gasteiger partial charge in [-0.1, -0.05) is 42.3 Å². The van der Waals surface area contributed by atoms with Crippen LogP contribution in [-0.2, 0) is 6.42 Å². The Morgan fingerprint density at radius 3 is 2.71 bits per heavy atom. The predicted molar refractivity (Wildman–Crippen MR) is 85.4 cm³/mol. The number of nitrogens with zero attached hydrogens (tertiary/aromatic N) is 1. The SMILES string of the molecule is CCCNC(Cc1cccc(Cl)c1F)c1ccc(Cl)cn1. The number of aromatic nitrogens is 1. The molecule has 1 N–H and O–H groups in total. The summed E-state index contributed by atoms with van der Waals surface area (Å²) in [5.41, 5.74) is 1.42. The summed E-state index contributed by atoms with van der Waals surface area (Å²) in [6.07, 6.45) is 3.08. The van der Waals surface area contributed by atoms with E-state index in [-0.39, 0.29) is 16.9 Å². The fourth-order valence-corrected chi connectivity index (χ4v) is 2.43. The van der Waals surface area contributed by atoms with Crippen molar-refractivity contribution >= 4 is 23.2 Å². The lowest BCUT2D eigenvalue weighted by Gasteiger charge is -2.19. The fraction of sp³-hybridized carbons (Fsp3) is 0.312. The zero-order valence-electron chi connectivity index (χ0n) is 11.7. The van der Waals surface area contributed by atoms with Crippen molar-refractivity contribution in [2.24, 2.45) is 0 Å². The number of benzene rings is 1. The van der Waals surface area contributed by atoms with Crippen molar-refractivity contribution in [1.29, 1.82) is 0 Å². The molecular weight excluding hydrogens is 310 g/mol. The molecule has 21 heavy (non-hydrogen) atoms. The first-order valence-corrected chi connectivity index (χ1v) is 7.65. The molecule has 5 heteroatoms. The summed E-state index contributed by atoms with van der Waals surface area (Å²) in [5.74, 6) is -0.364. The lowest BCUT2D eigenvalue weighted by Crippen LogP contribution is -2.25. The largest absolute Gasteiger partial charge is 0.308 e. The van der Waals surface area contributed by atoms with E-state index in [0.717, 1.165) is 18.7 Å². The second-order valence-electron chi connectivity index (χ2n) is 4.83. The third kappa shape index (κ3) is 4.40. The summed E-state index contributed by atoms with van der Waals surface area (Å²) in [7, 11) is 0. The lowest BCUT2D eigenvalue weighted by atomic mass is 10.0. The van der Waals surface area contributed by atoms with Crippen LogP contribution in [0.5, 0.6) is 0 Å². The van der Waals surface area contributed by atoms with Gasteiger partial charge in [0.1, 0.15) is 5.82 Å². The summed E-state index contributed by atoms with van der Waals surface area (Å²) >= 11 is 11.7. The van der Waals surface area contributed by atoms with E-state index in [2.05, 4.69) is 17.2 Å². The minimum atomic E-state index is -0.364. The smallest absolute Gasteiger partial charge is 0.145 e. The van der Waals surface area contributed by atoms with Gasteiger partial charge in [-0.3, -0.25) is 4.98 Å². The topological polar surface area (TPSA) is 24.9 Å². The van der Waals surface area contributed by atoms with Gasteiger partial charge in [0.15, 0.2) is 0 Å². The number of hydrogen-bond donors (Lipinski definition) is 1. The van der Waals surface area contributed by atoms with E-state index in [0.29, 0.717) is 17.0 Å². The van der Waals surface area contributed by atoms with Crippen LogP contribution in [0.25, 0.3) is 0 Å². The predicted octanol–water partition coefficient (Wildman–Crippen LogP) is 4.81. The first-order valence-electron chi connectivity index (χ1n) is 6.89. The molecule has 0 fully saturated rings. The average molecular weight is 327 g/mol. The van der Waals surface area contributed by atoms with Crippen LogP contribution in [0, 0.1) is 5.82 Å². The number of nitrogens with one attached hydrogen (secondary N) is 1. The Morgan fingerprint density at radius 1 is 1.24 bits per heavy atom. The van der Waals surface area contributed by atoms with Gasteiger partial charge in [0, 0.05) is 6.20 Å². The molecule has 2 rings (SSSR count). The highest BCUT2D eigenvalue weighted by molar-refractivity contribution is 6.30. The Balaban J connectivity index is 2.23. The van der Waals surface area contributed by atoms with Crippen molar-refractivity contribution in [2.45, 2.75) is 25.8 Å². The minimum absolute atomic E-state index is 0.0739. The van der Waals surface area contributed by atoms with Gasteiger partial charge in [0.2, 0.25) is 0 Å². The molecule has 0 saturated carbocycles. The molecule has 0 radical (unpaired) electrons. The van der Waals surface area contributed by atoms with Crippen molar-refractivity contribution in [1.82, 2.24) is 10.3 Å². The van der Waals surface area contributed by atoms with Crippen LogP contribution in [-0.4, -0.2) is 11.5 Å². The maximum atomic E-state index is 14.1. The van der Waals surface area contributed by atoms with Gasteiger partial charge in [-0.15, -0.1) is 0 Å². The quantitative estimate of drug-likeness (QED) is 0.823. The maximum Gasteiger partial charge on any atom is 0.145 e. The maximum absolute atomic E-state index is 14.1. The van der Waals surface area contributed by atoms with E-state index in [9.17, 15) is 4.39 Å². The highest BCUT2D eigenvalue weighted by atomic mass is 35.5. The highest BCUT2D eigenvalue weighted by Gasteiger charge is 2.16. The zero-order valence-corrected chi connectivity index (χ0v) is 13.3. The van der Waals surface area contributed by atoms with Crippen LogP contribution in [0.15, 0.2) is 36.5 Å². The molecule has 0 amide bonds. The molecule has 0 aliphatic rings. The van der Waals surface area contributed by atoms with Crippen molar-refractivity contribution in [3.63, 3.8) is 0 Å². The molecule has 112 valence electrons. The standard InChI is InChI=1S/C16H17Cl2FN2/c1-2-8-20-15(14-7-6-12(17)10-21-14)9-11-4-3-5-13(18)16(11)19/h3-7,10,15,20H,2,8-9H2,1H3. The van der Waals surface area contributed by atoms with Crippen molar-refractivity contribution in [3.8, 4) is 0 Å². The molecule has 1 aromatic heterocycles. The van der Waals surface area contributed by atoms with Crippen LogP contribution in [0.4, 0.5) is 4.39 Å². The van der Waals surface area contributed by atoms with E-state index >= 15 is 0 Å². The number of halogens is 3. The van der Waals surface area contributed by atoms with Gasteiger partial charge in [0.05, 0.1) is 21.8 Å². The third-order valence-electron chi connectivity index (χ3n) is 3.20. The van der Waals surface area contributed by atoms with Crippen LogP contribution < -0.4 is 5.32 Å². The van der Waals surface area contributed by atoms with Crippen molar-refractivity contribution < 1.29 is 4.39 Å². The number of pyridine rings is 1. The summed E-state index contributed by atoms with van der Waals surface area (Å²) in [6.45, 7) is 2.91. The molecule has 0 aliphatic carbocycles. The van der Waals surface area contributed by atoms with Crippen LogP contribution in [0.3, 0.4) is 0 Å². The van der Waals surface area contributed by atoms with Crippen molar-refractivity contribution in [3.05, 3.63) is 63.6 Å². The molecular formula is C16H17Cl2FN2. The minimum Gasteiger partial charge on any atom is -0.308 e. The molecule has 1 aromatic carbocycles. The monoisotopic (exact) mass is 326 g/mol. The molecule has 2 nitrogen and oxygen atoms in total. The Hall–Kier alpha value is -1.16. The molecule has 0 bridgehead atoms.